The van der Waals surface area contributed by atoms with Crippen molar-refractivity contribution >= 4 is 23.3 Å². The van der Waals surface area contributed by atoms with E-state index in [1.165, 1.54) is 24.3 Å². The van der Waals surface area contributed by atoms with Crippen molar-refractivity contribution in [1.29, 1.82) is 0 Å². The smallest absolute Gasteiger partial charge is 0.123 e. The molecule has 1 aliphatic carbocycles. The van der Waals surface area contributed by atoms with Gasteiger partial charge in [0, 0.05) is 0 Å². The van der Waals surface area contributed by atoms with Crippen LogP contribution in [0.5, 0.6) is 0 Å². The molecule has 0 saturated heterocycles. The molecule has 1 aliphatic rings. The molecule has 3 aromatic carbocycles. The third-order valence-corrected chi connectivity index (χ3v) is 4.18. The van der Waals surface area contributed by atoms with Crippen LogP contribution in [0.1, 0.15) is 22.3 Å². The first-order chi connectivity index (χ1) is 11.7. The molecule has 0 unspecified atom stereocenters. The molecule has 0 aromatic heterocycles. The van der Waals surface area contributed by atoms with Gasteiger partial charge < -0.3 is 0 Å². The summed E-state index contributed by atoms with van der Waals surface area (Å²) in [5, 5.41) is 0. The van der Waals surface area contributed by atoms with Gasteiger partial charge in [0.1, 0.15) is 11.6 Å². The van der Waals surface area contributed by atoms with Gasteiger partial charge in [-0.3, -0.25) is 0 Å². The Morgan fingerprint density at radius 1 is 0.667 bits per heavy atom. The Kier molecular flexibility index (Phi) is 3.58. The summed E-state index contributed by atoms with van der Waals surface area (Å²) >= 11 is 0. The molecular weight excluding hydrogens is 302 g/mol. The highest BCUT2D eigenvalue weighted by molar-refractivity contribution is 6.21. The molecule has 2 heteroatoms. The molecule has 0 fully saturated rings. The Bertz CT molecular complexity index is 946. The van der Waals surface area contributed by atoms with Crippen molar-refractivity contribution in [2.24, 2.45) is 0 Å². The summed E-state index contributed by atoms with van der Waals surface area (Å²) in [6.45, 7) is 0. The van der Waals surface area contributed by atoms with Gasteiger partial charge in [0.25, 0.3) is 0 Å². The molecule has 0 amide bonds. The van der Waals surface area contributed by atoms with E-state index in [9.17, 15) is 8.78 Å². The Hall–Kier alpha value is -3.00. The van der Waals surface area contributed by atoms with Crippen LogP contribution in [0.4, 0.5) is 8.78 Å². The molecule has 4 rings (SSSR count). The average Bonchev–Trinajstić information content (AvgIpc) is 2.96. The van der Waals surface area contributed by atoms with Gasteiger partial charge in [-0.15, -0.1) is 0 Å². The second-order valence-electron chi connectivity index (χ2n) is 5.76. The zero-order valence-electron chi connectivity index (χ0n) is 12.8. The fraction of sp³-hybridized carbons (Fsp3) is 0. The van der Waals surface area contributed by atoms with Crippen molar-refractivity contribution < 1.29 is 8.78 Å². The summed E-state index contributed by atoms with van der Waals surface area (Å²) in [6, 6.07) is 21.0. The number of rotatable bonds is 2. The Morgan fingerprint density at radius 3 is 2.00 bits per heavy atom. The quantitative estimate of drug-likeness (QED) is 0.539. The summed E-state index contributed by atoms with van der Waals surface area (Å²) in [7, 11) is 0. The van der Waals surface area contributed by atoms with Gasteiger partial charge in [-0.1, -0.05) is 48.5 Å². The first-order valence-electron chi connectivity index (χ1n) is 7.75. The Balaban J connectivity index is 1.85. The number of benzene rings is 3. The molecule has 24 heavy (non-hydrogen) atoms. The largest absolute Gasteiger partial charge is 0.207 e. The lowest BCUT2D eigenvalue weighted by molar-refractivity contribution is 0.627. The molecule has 0 saturated carbocycles. The van der Waals surface area contributed by atoms with Gasteiger partial charge >= 0.3 is 0 Å². The Morgan fingerprint density at radius 2 is 1.29 bits per heavy atom. The zero-order chi connectivity index (χ0) is 16.5. The van der Waals surface area contributed by atoms with Crippen LogP contribution in [-0.4, -0.2) is 0 Å². The fourth-order valence-corrected chi connectivity index (χ4v) is 3.00. The maximum atomic E-state index is 13.2. The van der Waals surface area contributed by atoms with Gasteiger partial charge in [-0.05, 0) is 69.8 Å². The first kappa shape index (κ1) is 14.6. The molecule has 0 N–H and O–H groups in total. The van der Waals surface area contributed by atoms with Crippen LogP contribution in [0.3, 0.4) is 0 Å². The minimum Gasteiger partial charge on any atom is -0.207 e. The van der Waals surface area contributed by atoms with Crippen molar-refractivity contribution in [1.82, 2.24) is 0 Å². The molecule has 0 nitrogen and oxygen atoms in total. The molecule has 0 radical (unpaired) electrons. The topological polar surface area (TPSA) is 0 Å². The van der Waals surface area contributed by atoms with Crippen LogP contribution < -0.4 is 0 Å². The maximum Gasteiger partial charge on any atom is 0.123 e. The van der Waals surface area contributed by atoms with E-state index in [4.69, 9.17) is 0 Å². The van der Waals surface area contributed by atoms with E-state index in [1.54, 1.807) is 24.3 Å². The van der Waals surface area contributed by atoms with E-state index in [-0.39, 0.29) is 11.6 Å². The minimum atomic E-state index is -0.252. The number of allylic oxidation sites excluding steroid dienone is 2. The lowest BCUT2D eigenvalue weighted by atomic mass is 9.95. The van der Waals surface area contributed by atoms with Crippen LogP contribution >= 0.6 is 0 Å². The third-order valence-electron chi connectivity index (χ3n) is 4.18. The normalized spacial score (nSPS) is 14.6. The average molecular weight is 316 g/mol. The molecule has 3 aromatic rings. The zero-order valence-corrected chi connectivity index (χ0v) is 12.8. The van der Waals surface area contributed by atoms with Gasteiger partial charge in [-0.2, -0.15) is 0 Å². The second kappa shape index (κ2) is 5.89. The molecular formula is C22H14F2. The number of halogens is 2. The number of hydrogen-bond acceptors (Lipinski definition) is 0. The van der Waals surface area contributed by atoms with E-state index in [2.05, 4.69) is 18.2 Å². The first-order valence-corrected chi connectivity index (χ1v) is 7.75. The maximum absolute atomic E-state index is 13.2. The summed E-state index contributed by atoms with van der Waals surface area (Å²) in [5.41, 5.74) is 6.24. The van der Waals surface area contributed by atoms with E-state index < -0.39 is 0 Å². The highest BCUT2D eigenvalue weighted by Crippen LogP contribution is 2.42. The highest BCUT2D eigenvalue weighted by Gasteiger charge is 2.19. The Labute approximate surface area is 139 Å². The fourth-order valence-electron chi connectivity index (χ4n) is 3.00. The molecule has 116 valence electrons. The predicted molar refractivity (Wildman–Crippen MR) is 95.0 cm³/mol. The van der Waals surface area contributed by atoms with Crippen molar-refractivity contribution in [2.45, 2.75) is 0 Å². The molecule has 0 spiro atoms. The summed E-state index contributed by atoms with van der Waals surface area (Å²) < 4.78 is 26.4. The van der Waals surface area contributed by atoms with Gasteiger partial charge in [0.05, 0.1) is 0 Å². The van der Waals surface area contributed by atoms with Gasteiger partial charge in [0.15, 0.2) is 0 Å². The molecule has 0 aliphatic heterocycles. The van der Waals surface area contributed by atoms with E-state index in [0.717, 1.165) is 33.4 Å². The highest BCUT2D eigenvalue weighted by atomic mass is 19.1. The van der Waals surface area contributed by atoms with E-state index in [0.29, 0.717) is 0 Å². The van der Waals surface area contributed by atoms with Crippen LogP contribution in [0, 0.1) is 11.6 Å². The molecule has 0 heterocycles. The summed E-state index contributed by atoms with van der Waals surface area (Å²) in [6.07, 6.45) is 4.15. The van der Waals surface area contributed by atoms with Gasteiger partial charge in [-0.25, -0.2) is 8.78 Å². The molecule has 0 bridgehead atoms. The SMILES string of the molecule is Fc1ccc(/C=C2/C(c3ccc(F)cc3)=Cc3ccccc32)cc1. The van der Waals surface area contributed by atoms with Crippen LogP contribution in [0.2, 0.25) is 0 Å². The van der Waals surface area contributed by atoms with Crippen LogP contribution in [0.15, 0.2) is 72.8 Å². The number of hydrogen-bond donors (Lipinski definition) is 0. The number of fused-ring (bicyclic) bond motifs is 1. The monoisotopic (exact) mass is 316 g/mol. The standard InChI is InChI=1S/C22H14F2/c23-18-9-5-15(6-10-18)13-22-20-4-2-1-3-17(20)14-21(22)16-7-11-19(24)12-8-16/h1-14H/b22-13+. The molecule has 0 atom stereocenters. The van der Waals surface area contributed by atoms with Crippen molar-refractivity contribution in [3.05, 3.63) is 107 Å². The van der Waals surface area contributed by atoms with Crippen molar-refractivity contribution in [3.8, 4) is 0 Å². The lowest BCUT2D eigenvalue weighted by Gasteiger charge is -2.09. The van der Waals surface area contributed by atoms with Crippen LogP contribution in [-0.2, 0) is 0 Å². The third kappa shape index (κ3) is 2.67. The van der Waals surface area contributed by atoms with Crippen molar-refractivity contribution in [3.63, 3.8) is 0 Å². The predicted octanol–water partition coefficient (Wildman–Crippen LogP) is 6.06. The van der Waals surface area contributed by atoms with E-state index in [1.807, 2.05) is 18.2 Å². The van der Waals surface area contributed by atoms with Crippen LogP contribution in [0.25, 0.3) is 23.3 Å². The second-order valence-corrected chi connectivity index (χ2v) is 5.76. The summed E-state index contributed by atoms with van der Waals surface area (Å²) in [5.74, 6) is -0.503. The minimum absolute atomic E-state index is 0.251. The van der Waals surface area contributed by atoms with Gasteiger partial charge in [0.2, 0.25) is 0 Å². The van der Waals surface area contributed by atoms with Crippen molar-refractivity contribution in [2.75, 3.05) is 0 Å². The summed E-state index contributed by atoms with van der Waals surface area (Å²) in [4.78, 5) is 0. The van der Waals surface area contributed by atoms with E-state index >= 15 is 0 Å². The lowest BCUT2D eigenvalue weighted by Crippen LogP contribution is -1.87.